The maximum absolute atomic E-state index is 9.99. The summed E-state index contributed by atoms with van der Waals surface area (Å²) in [5.41, 5.74) is 12.7. The summed E-state index contributed by atoms with van der Waals surface area (Å²) in [4.78, 5) is 14.5. The third kappa shape index (κ3) is 10.3. The molecule has 4 heteroatoms. The Labute approximate surface area is 400 Å². The summed E-state index contributed by atoms with van der Waals surface area (Å²) in [7, 11) is 0. The van der Waals surface area contributed by atoms with E-state index in [0.29, 0.717) is 24.1 Å². The van der Waals surface area contributed by atoms with Crippen molar-refractivity contribution in [2.75, 3.05) is 0 Å². The molecule has 5 aromatic carbocycles. The first kappa shape index (κ1) is 39.8. The molecule has 0 unspecified atom stereocenters. The van der Waals surface area contributed by atoms with Crippen LogP contribution in [0.15, 0.2) is 158 Å². The van der Waals surface area contributed by atoms with Crippen LogP contribution in [0.3, 0.4) is 0 Å². The van der Waals surface area contributed by atoms with Crippen LogP contribution in [0, 0.1) is 23.6 Å². The van der Waals surface area contributed by atoms with Crippen molar-refractivity contribution >= 4 is 0 Å². The van der Waals surface area contributed by atoms with Crippen LogP contribution in [-0.2, 0) is 69.4 Å². The molecule has 0 N–H and O–H groups in total. The number of fused-ring (bicyclic) bond motifs is 1. The van der Waals surface area contributed by atoms with Crippen molar-refractivity contribution < 1.29 is 25.6 Å². The second kappa shape index (κ2) is 18.7. The molecule has 9 rings (SSSR count). The van der Waals surface area contributed by atoms with E-state index in [1.807, 2.05) is 116 Å². The van der Waals surface area contributed by atoms with Crippen LogP contribution in [0.4, 0.5) is 0 Å². The molecule has 0 saturated carbocycles. The fourth-order valence-corrected chi connectivity index (χ4v) is 9.13. The number of aromatic nitrogens is 3. The Morgan fingerprint density at radius 1 is 0.531 bits per heavy atom. The molecule has 0 saturated heterocycles. The van der Waals surface area contributed by atoms with E-state index in [2.05, 4.69) is 96.1 Å². The zero-order chi connectivity index (χ0) is 47.2. The van der Waals surface area contributed by atoms with Crippen molar-refractivity contribution in [2.24, 2.45) is 5.41 Å². The monoisotopic (exact) mass is 1020 g/mol. The molecule has 3 heterocycles. The van der Waals surface area contributed by atoms with Crippen molar-refractivity contribution in [3.8, 4) is 44.9 Å². The molecule has 8 aromatic rings. The molecule has 1 aliphatic carbocycles. The van der Waals surface area contributed by atoms with Gasteiger partial charge in [-0.05, 0) is 127 Å². The summed E-state index contributed by atoms with van der Waals surface area (Å²) in [5, 5.41) is 0. The van der Waals surface area contributed by atoms with Crippen molar-refractivity contribution in [1.29, 1.82) is 0 Å². The Morgan fingerprint density at radius 3 is 1.53 bits per heavy atom. The van der Waals surface area contributed by atoms with Crippen LogP contribution < -0.4 is 0 Å². The molecule has 320 valence electrons. The van der Waals surface area contributed by atoms with Gasteiger partial charge in [-0.15, -0.1) is 108 Å². The third-order valence-electron chi connectivity index (χ3n) is 12.5. The normalized spacial score (nSPS) is 14.7. The zero-order valence-electron chi connectivity index (χ0n) is 41.5. The minimum absolute atomic E-state index is 0. The SMILES string of the molecule is [2H]C([2H])(c1cc(CC(C)(C)c2ccc(-c3[c-]cccc3)nc2)cc(CC(C)(C)c2ccc(-c3[c-]cccc3)nc2)c1)C([2H])([2H])c1cnc(-c2[c-]cccc2)cc1-c1ccc2c(c1)CC(C)(C)C2.[Ir+3]. The van der Waals surface area contributed by atoms with Crippen LogP contribution in [0.2, 0.25) is 0 Å². The van der Waals surface area contributed by atoms with Crippen LogP contribution in [0.1, 0.15) is 91.5 Å². The largest absolute Gasteiger partial charge is 3.00 e. The molecule has 0 fully saturated rings. The topological polar surface area (TPSA) is 38.7 Å². The molecule has 3 nitrogen and oxygen atoms in total. The van der Waals surface area contributed by atoms with Gasteiger partial charge in [-0.1, -0.05) is 108 Å². The van der Waals surface area contributed by atoms with Gasteiger partial charge in [0.25, 0.3) is 0 Å². The van der Waals surface area contributed by atoms with Gasteiger partial charge in [0.15, 0.2) is 0 Å². The molecule has 0 bridgehead atoms. The number of rotatable bonds is 13. The minimum atomic E-state index is -2.52. The van der Waals surface area contributed by atoms with Gasteiger partial charge in [-0.2, -0.15) is 0 Å². The molecule has 0 radical (unpaired) electrons. The van der Waals surface area contributed by atoms with Crippen molar-refractivity contribution in [3.05, 3.63) is 221 Å². The van der Waals surface area contributed by atoms with Gasteiger partial charge >= 0.3 is 20.1 Å². The van der Waals surface area contributed by atoms with Crippen LogP contribution in [-0.4, -0.2) is 15.0 Å². The Bertz CT molecular complexity index is 2910. The Kier molecular flexibility index (Phi) is 11.6. The van der Waals surface area contributed by atoms with Gasteiger partial charge in [-0.25, -0.2) is 0 Å². The van der Waals surface area contributed by atoms with Gasteiger partial charge in [0.1, 0.15) is 0 Å². The van der Waals surface area contributed by atoms with Crippen LogP contribution in [0.5, 0.6) is 0 Å². The first-order valence-electron chi connectivity index (χ1n) is 24.0. The van der Waals surface area contributed by atoms with E-state index in [0.717, 1.165) is 68.7 Å². The van der Waals surface area contributed by atoms with Crippen LogP contribution >= 0.6 is 0 Å². The molecule has 0 aliphatic heterocycles. The molecule has 64 heavy (non-hydrogen) atoms. The standard InChI is InChI=1S/C60H56N3.Ir/c1-58(2)37-49-25-24-48(33-51(49)38-58)54-34-57(47-20-14-9-15-21-47)61-39-50(54)23-22-42-30-43(35-59(3,4)52-26-28-55(62-40-52)45-16-10-7-11-17-45)32-44(31-42)36-60(5,6)53-27-29-56(63-41-53)46-18-12-8-13-19-46;/h7-16,18,20,24-34,39-41H,22-23,35-38H2,1-6H3;/q-3;+3/i22D2,23D2;. The number of hydrogen-bond donors (Lipinski definition) is 0. The predicted molar refractivity (Wildman–Crippen MR) is 259 cm³/mol. The summed E-state index contributed by atoms with van der Waals surface area (Å²) >= 11 is 0. The second-order valence-electron chi connectivity index (χ2n) is 19.2. The first-order valence-corrected chi connectivity index (χ1v) is 22.0. The van der Waals surface area contributed by atoms with Crippen molar-refractivity contribution in [3.63, 3.8) is 0 Å². The zero-order valence-corrected chi connectivity index (χ0v) is 39.9. The summed E-state index contributed by atoms with van der Waals surface area (Å²) < 4.78 is 39.9. The summed E-state index contributed by atoms with van der Waals surface area (Å²) in [6, 6.07) is 55.6. The van der Waals surface area contributed by atoms with Gasteiger partial charge in [0.2, 0.25) is 0 Å². The van der Waals surface area contributed by atoms with Crippen molar-refractivity contribution in [2.45, 2.75) is 90.8 Å². The molecule has 0 amide bonds. The van der Waals surface area contributed by atoms with Gasteiger partial charge < -0.3 is 15.0 Å². The number of pyridine rings is 3. The number of nitrogens with zero attached hydrogens (tertiary/aromatic N) is 3. The molecule has 1 aliphatic rings. The van der Waals surface area contributed by atoms with E-state index < -0.39 is 23.6 Å². The van der Waals surface area contributed by atoms with Crippen LogP contribution in [0.25, 0.3) is 44.9 Å². The Balaban J connectivity index is 0.00000625. The summed E-state index contributed by atoms with van der Waals surface area (Å²) in [6.45, 7) is 13.3. The Morgan fingerprint density at radius 2 is 1.03 bits per heavy atom. The molecule has 0 atom stereocenters. The van der Waals surface area contributed by atoms with E-state index >= 15 is 0 Å². The van der Waals surface area contributed by atoms with E-state index in [1.165, 1.54) is 11.1 Å². The summed E-state index contributed by atoms with van der Waals surface area (Å²) in [5.74, 6) is 0. The summed E-state index contributed by atoms with van der Waals surface area (Å²) in [6.07, 6.45) is 3.42. The average Bonchev–Trinajstić information content (AvgIpc) is 3.65. The molecule has 3 aromatic heterocycles. The number of aryl methyl sites for hydroxylation is 2. The maximum Gasteiger partial charge on any atom is 3.00 e. The quantitative estimate of drug-likeness (QED) is 0.108. The first-order chi connectivity index (χ1) is 31.9. The second-order valence-corrected chi connectivity index (χ2v) is 19.2. The van der Waals surface area contributed by atoms with Gasteiger partial charge in [-0.3, -0.25) is 0 Å². The van der Waals surface area contributed by atoms with Gasteiger partial charge in [0, 0.05) is 24.1 Å². The van der Waals surface area contributed by atoms with E-state index in [4.69, 9.17) is 15.0 Å². The number of benzene rings is 5. The maximum atomic E-state index is 9.99. The van der Waals surface area contributed by atoms with Crippen molar-refractivity contribution in [1.82, 2.24) is 15.0 Å². The van der Waals surface area contributed by atoms with E-state index in [1.54, 1.807) is 6.20 Å². The fourth-order valence-electron chi connectivity index (χ4n) is 9.13. The smallest absolute Gasteiger partial charge is 0.304 e. The minimum Gasteiger partial charge on any atom is -0.304 e. The Hall–Kier alpha value is -5.80. The third-order valence-corrected chi connectivity index (χ3v) is 12.5. The predicted octanol–water partition coefficient (Wildman–Crippen LogP) is 13.9. The molecular formula is C60H56IrN3. The van der Waals surface area contributed by atoms with E-state index in [9.17, 15) is 5.48 Å². The molecule has 0 spiro atoms. The molecular weight excluding hydrogens is 955 g/mol. The number of hydrogen-bond acceptors (Lipinski definition) is 3. The average molecular weight is 1020 g/mol. The fraction of sp³-hybridized carbons (Fsp3) is 0.250. The van der Waals surface area contributed by atoms with Gasteiger partial charge in [0.05, 0.1) is 0 Å². The van der Waals surface area contributed by atoms with E-state index in [-0.39, 0.29) is 36.6 Å².